The van der Waals surface area contributed by atoms with Crippen molar-refractivity contribution in [3.8, 4) is 0 Å². The fraction of sp³-hybridized carbons (Fsp3) is 0.240. The number of nitrogens with zero attached hydrogens (tertiary/aromatic N) is 3. The van der Waals surface area contributed by atoms with Crippen LogP contribution in [0.4, 0.5) is 10.8 Å². The molecule has 2 heterocycles. The number of hydrogen-bond acceptors (Lipinski definition) is 5. The fourth-order valence-electron chi connectivity index (χ4n) is 3.82. The number of thiazole rings is 1. The van der Waals surface area contributed by atoms with Gasteiger partial charge < -0.3 is 9.30 Å². The molecule has 0 spiro atoms. The standard InChI is InChI=1S/C25H25N3O3S/c1-16-9-10-22(17(2)11-16)28(19(4)29)25-26-21(15-32-25)14-31-24(30)13-27-18(3)12-20-7-5-6-8-23(20)27/h5-12,15H,13-14H2,1-4H3. The molecule has 2 aromatic heterocycles. The number of para-hydroxylation sites is 1. The van der Waals surface area contributed by atoms with Crippen LogP contribution in [0.5, 0.6) is 0 Å². The van der Waals surface area contributed by atoms with Crippen molar-refractivity contribution in [3.05, 3.63) is 76.4 Å². The molecule has 0 N–H and O–H groups in total. The van der Waals surface area contributed by atoms with Crippen LogP contribution < -0.4 is 4.90 Å². The summed E-state index contributed by atoms with van der Waals surface area (Å²) in [6.07, 6.45) is 0. The van der Waals surface area contributed by atoms with Crippen LogP contribution in [-0.4, -0.2) is 21.4 Å². The van der Waals surface area contributed by atoms with Gasteiger partial charge in [0.2, 0.25) is 5.91 Å². The maximum atomic E-state index is 12.5. The van der Waals surface area contributed by atoms with Gasteiger partial charge in [0.1, 0.15) is 13.2 Å². The number of anilines is 2. The molecule has 6 nitrogen and oxygen atoms in total. The number of aromatic nitrogens is 2. The third-order valence-corrected chi connectivity index (χ3v) is 6.20. The van der Waals surface area contributed by atoms with Crippen LogP contribution in [0.25, 0.3) is 10.9 Å². The molecule has 0 unspecified atom stereocenters. The predicted octanol–water partition coefficient (Wildman–Crippen LogP) is 5.45. The monoisotopic (exact) mass is 447 g/mol. The lowest BCUT2D eigenvalue weighted by Crippen LogP contribution is -2.23. The Balaban J connectivity index is 1.46. The van der Waals surface area contributed by atoms with E-state index in [1.54, 1.807) is 4.90 Å². The maximum absolute atomic E-state index is 12.5. The first-order chi connectivity index (χ1) is 15.3. The van der Waals surface area contributed by atoms with E-state index in [0.29, 0.717) is 10.8 Å². The van der Waals surface area contributed by atoms with Gasteiger partial charge in [-0.15, -0.1) is 11.3 Å². The number of ether oxygens (including phenoxy) is 1. The van der Waals surface area contributed by atoms with E-state index in [1.165, 1.54) is 18.3 Å². The second-order valence-corrected chi connectivity index (χ2v) is 8.69. The summed E-state index contributed by atoms with van der Waals surface area (Å²) in [5.41, 5.74) is 5.55. The number of rotatable bonds is 6. The van der Waals surface area contributed by atoms with E-state index in [2.05, 4.69) is 11.1 Å². The molecule has 0 bridgehead atoms. The van der Waals surface area contributed by atoms with E-state index < -0.39 is 0 Å². The summed E-state index contributed by atoms with van der Waals surface area (Å²) in [4.78, 5) is 31.0. The number of benzene rings is 2. The number of amides is 1. The molecule has 1 amide bonds. The van der Waals surface area contributed by atoms with Crippen LogP contribution >= 0.6 is 11.3 Å². The number of carbonyl (C=O) groups is 2. The molecular formula is C25H25N3O3S. The largest absolute Gasteiger partial charge is 0.458 e. The van der Waals surface area contributed by atoms with E-state index in [4.69, 9.17) is 4.74 Å². The van der Waals surface area contributed by atoms with Crippen LogP contribution in [-0.2, 0) is 27.5 Å². The topological polar surface area (TPSA) is 64.4 Å². The summed E-state index contributed by atoms with van der Waals surface area (Å²) in [6, 6.07) is 15.9. The van der Waals surface area contributed by atoms with E-state index in [0.717, 1.165) is 33.4 Å². The normalized spacial score (nSPS) is 11.0. The van der Waals surface area contributed by atoms with Gasteiger partial charge in [-0.1, -0.05) is 35.9 Å². The van der Waals surface area contributed by atoms with Gasteiger partial charge in [0.05, 0.1) is 11.4 Å². The van der Waals surface area contributed by atoms with Gasteiger partial charge in [0, 0.05) is 23.5 Å². The molecule has 4 rings (SSSR count). The molecule has 0 aliphatic heterocycles. The molecule has 7 heteroatoms. The zero-order chi connectivity index (χ0) is 22.8. The molecule has 0 aliphatic carbocycles. The van der Waals surface area contributed by atoms with Gasteiger partial charge in [0.15, 0.2) is 5.13 Å². The van der Waals surface area contributed by atoms with Crippen LogP contribution in [0.2, 0.25) is 0 Å². The number of carbonyl (C=O) groups excluding carboxylic acids is 2. The van der Waals surface area contributed by atoms with Crippen molar-refractivity contribution < 1.29 is 14.3 Å². The van der Waals surface area contributed by atoms with E-state index in [9.17, 15) is 9.59 Å². The zero-order valence-electron chi connectivity index (χ0n) is 18.6. The van der Waals surface area contributed by atoms with Crippen LogP contribution in [0.15, 0.2) is 53.9 Å². The maximum Gasteiger partial charge on any atom is 0.326 e. The van der Waals surface area contributed by atoms with Crippen molar-refractivity contribution in [1.29, 1.82) is 0 Å². The number of esters is 1. The predicted molar refractivity (Wildman–Crippen MR) is 127 cm³/mol. The Hall–Kier alpha value is -3.45. The average molecular weight is 448 g/mol. The molecule has 2 aromatic carbocycles. The highest BCUT2D eigenvalue weighted by atomic mass is 32.1. The summed E-state index contributed by atoms with van der Waals surface area (Å²) in [5.74, 6) is -0.452. The number of aryl methyl sites for hydroxylation is 3. The van der Waals surface area contributed by atoms with Crippen molar-refractivity contribution in [1.82, 2.24) is 9.55 Å². The Morgan fingerprint density at radius 2 is 1.88 bits per heavy atom. The highest BCUT2D eigenvalue weighted by Crippen LogP contribution is 2.32. The van der Waals surface area contributed by atoms with Crippen LogP contribution in [0.3, 0.4) is 0 Å². The van der Waals surface area contributed by atoms with Crippen molar-refractivity contribution in [2.24, 2.45) is 0 Å². The summed E-state index contributed by atoms with van der Waals surface area (Å²) < 4.78 is 7.43. The molecule has 0 aliphatic rings. The van der Waals surface area contributed by atoms with Crippen molar-refractivity contribution >= 4 is 44.9 Å². The number of hydrogen-bond donors (Lipinski definition) is 0. The van der Waals surface area contributed by atoms with E-state index in [1.807, 2.05) is 73.2 Å². The van der Waals surface area contributed by atoms with Gasteiger partial charge >= 0.3 is 5.97 Å². The lowest BCUT2D eigenvalue weighted by molar-refractivity contribution is -0.145. The molecule has 0 fully saturated rings. The van der Waals surface area contributed by atoms with E-state index in [-0.39, 0.29) is 25.0 Å². The summed E-state index contributed by atoms with van der Waals surface area (Å²) >= 11 is 1.35. The first kappa shape index (κ1) is 21.8. The Morgan fingerprint density at radius 1 is 1.09 bits per heavy atom. The smallest absolute Gasteiger partial charge is 0.326 e. The fourth-order valence-corrected chi connectivity index (χ4v) is 4.68. The highest BCUT2D eigenvalue weighted by Gasteiger charge is 2.20. The molecule has 164 valence electrons. The number of fused-ring (bicyclic) bond motifs is 1. The second-order valence-electron chi connectivity index (χ2n) is 7.86. The quantitative estimate of drug-likeness (QED) is 0.369. The summed E-state index contributed by atoms with van der Waals surface area (Å²) in [5, 5.41) is 3.47. The Labute approximate surface area is 191 Å². The van der Waals surface area contributed by atoms with Crippen LogP contribution in [0.1, 0.15) is 29.4 Å². The summed E-state index contributed by atoms with van der Waals surface area (Å²) in [6.45, 7) is 7.68. The van der Waals surface area contributed by atoms with Gasteiger partial charge in [-0.05, 0) is 49.9 Å². The SMILES string of the molecule is CC(=O)N(c1nc(COC(=O)Cn2c(C)cc3ccccc32)cs1)c1ccc(C)cc1C. The van der Waals surface area contributed by atoms with Crippen molar-refractivity contribution in [2.75, 3.05) is 4.90 Å². The molecule has 0 atom stereocenters. The molecular weight excluding hydrogens is 422 g/mol. The van der Waals surface area contributed by atoms with Gasteiger partial charge in [-0.25, -0.2) is 4.98 Å². The molecule has 0 radical (unpaired) electrons. The Bertz CT molecular complexity index is 1310. The minimum Gasteiger partial charge on any atom is -0.458 e. The third kappa shape index (κ3) is 4.43. The lowest BCUT2D eigenvalue weighted by Gasteiger charge is -2.20. The van der Waals surface area contributed by atoms with E-state index >= 15 is 0 Å². The Morgan fingerprint density at radius 3 is 2.62 bits per heavy atom. The minimum atomic E-state index is -0.332. The molecule has 0 saturated heterocycles. The summed E-state index contributed by atoms with van der Waals surface area (Å²) in [7, 11) is 0. The molecule has 4 aromatic rings. The van der Waals surface area contributed by atoms with Gasteiger partial charge in [-0.3, -0.25) is 14.5 Å². The Kier molecular flexibility index (Phi) is 6.10. The third-order valence-electron chi connectivity index (χ3n) is 5.32. The average Bonchev–Trinajstić information content (AvgIpc) is 3.33. The van der Waals surface area contributed by atoms with Gasteiger partial charge in [-0.2, -0.15) is 0 Å². The zero-order valence-corrected chi connectivity index (χ0v) is 19.4. The molecule has 32 heavy (non-hydrogen) atoms. The first-order valence-corrected chi connectivity index (χ1v) is 11.2. The second kappa shape index (κ2) is 8.96. The molecule has 0 saturated carbocycles. The minimum absolute atomic E-state index is 0.0617. The van der Waals surface area contributed by atoms with Crippen molar-refractivity contribution in [2.45, 2.75) is 40.8 Å². The lowest BCUT2D eigenvalue weighted by atomic mass is 10.1. The highest BCUT2D eigenvalue weighted by molar-refractivity contribution is 7.14. The van der Waals surface area contributed by atoms with Crippen LogP contribution in [0, 0.1) is 20.8 Å². The first-order valence-electron chi connectivity index (χ1n) is 10.4. The van der Waals surface area contributed by atoms with Crippen molar-refractivity contribution in [3.63, 3.8) is 0 Å². The van der Waals surface area contributed by atoms with Gasteiger partial charge in [0.25, 0.3) is 0 Å².